The van der Waals surface area contributed by atoms with Gasteiger partial charge in [0.05, 0.1) is 6.61 Å². The molecule has 0 bridgehead atoms. The molecule has 1 atom stereocenters. The average Bonchev–Trinajstić information content (AvgIpc) is 2.78. The Balaban J connectivity index is 2.25. The van der Waals surface area contributed by atoms with Gasteiger partial charge in [0.25, 0.3) is 0 Å². The largest absolute Gasteiger partial charge is 0.367 e. The lowest BCUT2D eigenvalue weighted by Crippen LogP contribution is -2.34. The first kappa shape index (κ1) is 13.4. The molecule has 0 aliphatic carbocycles. The number of aromatic nitrogens is 2. The highest BCUT2D eigenvalue weighted by molar-refractivity contribution is 7.91. The van der Waals surface area contributed by atoms with E-state index in [1.165, 1.54) is 0 Å². The number of ether oxygens (including phenoxy) is 1. The van der Waals surface area contributed by atoms with Gasteiger partial charge in [0, 0.05) is 19.3 Å². The van der Waals surface area contributed by atoms with Crippen molar-refractivity contribution in [3.63, 3.8) is 0 Å². The predicted octanol–water partition coefficient (Wildman–Crippen LogP) is 0.0102. The van der Waals surface area contributed by atoms with Gasteiger partial charge in [-0.05, 0) is 13.8 Å². The van der Waals surface area contributed by atoms with Crippen LogP contribution in [-0.4, -0.2) is 44.5 Å². The summed E-state index contributed by atoms with van der Waals surface area (Å²) in [6.07, 6.45) is 0.863. The van der Waals surface area contributed by atoms with Crippen LogP contribution in [0.2, 0.25) is 0 Å². The Labute approximate surface area is 106 Å². The van der Waals surface area contributed by atoms with E-state index >= 15 is 0 Å². The average molecular weight is 275 g/mol. The Hall–Kier alpha value is -0.990. The van der Waals surface area contributed by atoms with Crippen molar-refractivity contribution in [2.75, 3.05) is 26.0 Å². The van der Waals surface area contributed by atoms with E-state index in [4.69, 9.17) is 9.26 Å². The van der Waals surface area contributed by atoms with Crippen LogP contribution in [0.4, 0.5) is 0 Å². The van der Waals surface area contributed by atoms with Crippen molar-refractivity contribution in [3.05, 3.63) is 11.7 Å². The Bertz CT molecular complexity index is 517. The van der Waals surface area contributed by atoms with Crippen LogP contribution in [-0.2, 0) is 19.3 Å². The monoisotopic (exact) mass is 275 g/mol. The first-order chi connectivity index (χ1) is 8.32. The minimum absolute atomic E-state index is 0.0918. The summed E-state index contributed by atoms with van der Waals surface area (Å²) in [5, 5.41) is 6.95. The molecule has 0 aromatic carbocycles. The molecular weight excluding hydrogens is 258 g/mol. The molecule has 2 heterocycles. The summed E-state index contributed by atoms with van der Waals surface area (Å²) in [6, 6.07) is 0. The Kier molecular flexibility index (Phi) is 3.43. The van der Waals surface area contributed by atoms with E-state index in [1.807, 2.05) is 0 Å². The molecule has 18 heavy (non-hydrogen) atoms. The zero-order valence-corrected chi connectivity index (χ0v) is 11.5. The van der Waals surface area contributed by atoms with E-state index in [2.05, 4.69) is 15.5 Å². The summed E-state index contributed by atoms with van der Waals surface area (Å²) in [5.41, 5.74) is 0. The maximum Gasteiger partial charge on any atom is 0.247 e. The maximum absolute atomic E-state index is 11.7. The summed E-state index contributed by atoms with van der Waals surface area (Å²) >= 11 is 0. The van der Waals surface area contributed by atoms with Gasteiger partial charge in [-0.15, -0.1) is 0 Å². The molecule has 0 saturated carbocycles. The predicted molar refractivity (Wildman–Crippen MR) is 63.7 cm³/mol. The summed E-state index contributed by atoms with van der Waals surface area (Å²) in [5.74, 6) is 0.475. The maximum atomic E-state index is 11.7. The van der Waals surface area contributed by atoms with Gasteiger partial charge in [-0.2, -0.15) is 4.98 Å². The van der Waals surface area contributed by atoms with Crippen molar-refractivity contribution in [1.29, 1.82) is 0 Å². The lowest BCUT2D eigenvalue weighted by atomic mass is 10.2. The highest BCUT2D eigenvalue weighted by atomic mass is 32.2. The molecule has 1 aliphatic rings. The molecule has 8 heteroatoms. The molecular formula is C10H17N3O4S. The van der Waals surface area contributed by atoms with Crippen molar-refractivity contribution < 1.29 is 17.7 Å². The third-order valence-electron chi connectivity index (χ3n) is 3.10. The fourth-order valence-electron chi connectivity index (χ4n) is 1.50. The lowest BCUT2D eigenvalue weighted by Gasteiger charge is -2.20. The van der Waals surface area contributed by atoms with E-state index < -0.39 is 14.6 Å². The number of hydrogen-bond acceptors (Lipinski definition) is 7. The van der Waals surface area contributed by atoms with Crippen molar-refractivity contribution in [2.45, 2.75) is 24.7 Å². The molecule has 1 fully saturated rings. The number of rotatable bonds is 3. The fraction of sp³-hybridized carbons (Fsp3) is 0.800. The van der Waals surface area contributed by atoms with Crippen LogP contribution in [0.3, 0.4) is 0 Å². The third kappa shape index (κ3) is 2.40. The summed E-state index contributed by atoms with van der Waals surface area (Å²) in [6.45, 7) is 5.04. The zero-order chi connectivity index (χ0) is 13.4. The van der Waals surface area contributed by atoms with Gasteiger partial charge in [0.1, 0.15) is 10.9 Å². The molecule has 1 aromatic rings. The molecule has 0 amide bonds. The van der Waals surface area contributed by atoms with Crippen LogP contribution in [0.1, 0.15) is 31.7 Å². The van der Waals surface area contributed by atoms with Gasteiger partial charge in [0.2, 0.25) is 11.7 Å². The van der Waals surface area contributed by atoms with E-state index in [-0.39, 0.29) is 12.0 Å². The second kappa shape index (κ2) is 4.60. The van der Waals surface area contributed by atoms with Gasteiger partial charge in [-0.1, -0.05) is 5.16 Å². The molecule has 1 aliphatic heterocycles. The minimum atomic E-state index is -3.33. The standard InChI is InChI=1S/C10H17N3O4S/c1-10(2,18(3,14)15)9-12-8(13-17-9)7-6-11-4-5-16-7/h7,11H,4-6H2,1-3H3. The van der Waals surface area contributed by atoms with Gasteiger partial charge in [-0.3, -0.25) is 0 Å². The fourth-order valence-corrected chi connectivity index (χ4v) is 1.90. The summed E-state index contributed by atoms with van der Waals surface area (Å²) < 4.78 is 32.7. The number of sulfone groups is 1. The second-order valence-corrected chi connectivity index (χ2v) is 7.37. The van der Waals surface area contributed by atoms with Crippen LogP contribution >= 0.6 is 0 Å². The zero-order valence-electron chi connectivity index (χ0n) is 10.6. The first-order valence-electron chi connectivity index (χ1n) is 5.68. The normalized spacial score (nSPS) is 22.1. The van der Waals surface area contributed by atoms with Crippen molar-refractivity contribution in [2.24, 2.45) is 0 Å². The van der Waals surface area contributed by atoms with E-state index in [0.29, 0.717) is 19.0 Å². The van der Waals surface area contributed by atoms with Crippen LogP contribution < -0.4 is 5.32 Å². The van der Waals surface area contributed by atoms with Crippen LogP contribution in [0.25, 0.3) is 0 Å². The van der Waals surface area contributed by atoms with Crippen molar-refractivity contribution in [3.8, 4) is 0 Å². The SMILES string of the molecule is CC(C)(c1nc(C2CNCCO2)no1)S(C)(=O)=O. The molecule has 7 nitrogen and oxygen atoms in total. The quantitative estimate of drug-likeness (QED) is 0.830. The van der Waals surface area contributed by atoms with Crippen LogP contribution in [0.5, 0.6) is 0 Å². The number of nitrogens with one attached hydrogen (secondary N) is 1. The van der Waals surface area contributed by atoms with Crippen LogP contribution in [0.15, 0.2) is 4.52 Å². The molecule has 1 unspecified atom stereocenters. The second-order valence-electron chi connectivity index (χ2n) is 4.80. The molecule has 102 valence electrons. The lowest BCUT2D eigenvalue weighted by molar-refractivity contribution is 0.0208. The molecule has 1 aromatic heterocycles. The summed E-state index contributed by atoms with van der Waals surface area (Å²) in [7, 11) is -3.33. The highest BCUT2D eigenvalue weighted by Crippen LogP contribution is 2.28. The van der Waals surface area contributed by atoms with Crippen molar-refractivity contribution in [1.82, 2.24) is 15.5 Å². The van der Waals surface area contributed by atoms with Crippen molar-refractivity contribution >= 4 is 9.84 Å². The van der Waals surface area contributed by atoms with Gasteiger partial charge >= 0.3 is 0 Å². The van der Waals surface area contributed by atoms with E-state index in [9.17, 15) is 8.42 Å². The smallest absolute Gasteiger partial charge is 0.247 e. The van der Waals surface area contributed by atoms with E-state index in [0.717, 1.165) is 12.8 Å². The summed E-state index contributed by atoms with van der Waals surface area (Å²) in [4.78, 5) is 4.15. The Morgan fingerprint density at radius 2 is 2.17 bits per heavy atom. The number of hydrogen-bond donors (Lipinski definition) is 1. The Morgan fingerprint density at radius 1 is 1.44 bits per heavy atom. The highest BCUT2D eigenvalue weighted by Gasteiger charge is 2.39. The van der Waals surface area contributed by atoms with Crippen LogP contribution in [0, 0.1) is 0 Å². The molecule has 1 N–H and O–H groups in total. The number of morpholine rings is 1. The van der Waals surface area contributed by atoms with Gasteiger partial charge in [-0.25, -0.2) is 8.42 Å². The first-order valence-corrected chi connectivity index (χ1v) is 7.57. The molecule has 0 radical (unpaired) electrons. The number of nitrogens with zero attached hydrogens (tertiary/aromatic N) is 2. The van der Waals surface area contributed by atoms with E-state index in [1.54, 1.807) is 13.8 Å². The topological polar surface area (TPSA) is 94.3 Å². The third-order valence-corrected chi connectivity index (χ3v) is 5.13. The molecule has 0 spiro atoms. The molecule has 1 saturated heterocycles. The minimum Gasteiger partial charge on any atom is -0.367 e. The Morgan fingerprint density at radius 3 is 2.72 bits per heavy atom. The van der Waals surface area contributed by atoms with Gasteiger partial charge < -0.3 is 14.6 Å². The molecule has 2 rings (SSSR count). The van der Waals surface area contributed by atoms with Gasteiger partial charge in [0.15, 0.2) is 9.84 Å².